The van der Waals surface area contributed by atoms with Gasteiger partial charge in [0.2, 0.25) is 0 Å². The third-order valence-electron chi connectivity index (χ3n) is 3.58. The minimum absolute atomic E-state index is 0.0189. The Morgan fingerprint density at radius 2 is 2.25 bits per heavy atom. The third-order valence-corrected chi connectivity index (χ3v) is 4.38. The van der Waals surface area contributed by atoms with E-state index in [4.69, 9.17) is 10.9 Å². The maximum Gasteiger partial charge on any atom is 0.255 e. The number of amidine groups is 1. The van der Waals surface area contributed by atoms with Gasteiger partial charge in [0.05, 0.1) is 5.56 Å². The second-order valence-electron chi connectivity index (χ2n) is 4.82. The van der Waals surface area contributed by atoms with Crippen LogP contribution in [0.3, 0.4) is 0 Å². The topological polar surface area (TPSA) is 78.9 Å². The second-order valence-corrected chi connectivity index (χ2v) is 5.66. The highest BCUT2D eigenvalue weighted by Gasteiger charge is 2.27. The van der Waals surface area contributed by atoms with Crippen LogP contribution in [0.15, 0.2) is 34.3 Å². The first kappa shape index (κ1) is 14.7. The summed E-state index contributed by atoms with van der Waals surface area (Å²) in [6.07, 6.45) is 3.68. The molecule has 1 aliphatic heterocycles. The van der Waals surface area contributed by atoms with Crippen LogP contribution in [0, 0.1) is 5.92 Å². The number of amides is 1. The third kappa shape index (κ3) is 3.07. The molecule has 0 bridgehead atoms. The van der Waals surface area contributed by atoms with Crippen molar-refractivity contribution in [3.63, 3.8) is 0 Å². The first-order valence-corrected chi connectivity index (χ1v) is 7.79. The van der Waals surface area contributed by atoms with Gasteiger partial charge in [-0.15, -0.1) is 11.8 Å². The predicted octanol–water partition coefficient (Wildman–Crippen LogP) is 2.01. The predicted molar refractivity (Wildman–Crippen MR) is 80.3 cm³/mol. The molecule has 5 nitrogen and oxygen atoms in total. The Morgan fingerprint density at radius 1 is 1.50 bits per heavy atom. The fourth-order valence-electron chi connectivity index (χ4n) is 2.48. The summed E-state index contributed by atoms with van der Waals surface area (Å²) in [5.41, 5.74) is 6.39. The van der Waals surface area contributed by atoms with Crippen LogP contribution in [-0.2, 0) is 0 Å². The summed E-state index contributed by atoms with van der Waals surface area (Å²) in [5, 5.41) is 11.8. The Hall–Kier alpha value is -1.69. The molecule has 1 fully saturated rings. The van der Waals surface area contributed by atoms with Gasteiger partial charge in [0.15, 0.2) is 0 Å². The van der Waals surface area contributed by atoms with Gasteiger partial charge >= 0.3 is 0 Å². The molecule has 2 rings (SSSR count). The zero-order chi connectivity index (χ0) is 14.5. The van der Waals surface area contributed by atoms with E-state index in [1.165, 1.54) is 0 Å². The number of oxime groups is 1. The summed E-state index contributed by atoms with van der Waals surface area (Å²) in [6, 6.07) is 7.60. The van der Waals surface area contributed by atoms with Gasteiger partial charge in [0.1, 0.15) is 5.84 Å². The fraction of sp³-hybridized carbons (Fsp3) is 0.429. The number of carbonyl (C=O) groups excluding carboxylic acids is 1. The van der Waals surface area contributed by atoms with Crippen molar-refractivity contribution in [2.24, 2.45) is 16.8 Å². The van der Waals surface area contributed by atoms with Crippen LogP contribution in [0.5, 0.6) is 0 Å². The van der Waals surface area contributed by atoms with E-state index in [0.717, 1.165) is 29.8 Å². The number of piperidine rings is 1. The number of thioether (sulfide) groups is 1. The van der Waals surface area contributed by atoms with Crippen LogP contribution in [0.2, 0.25) is 0 Å². The molecule has 6 heteroatoms. The van der Waals surface area contributed by atoms with Gasteiger partial charge in [-0.05, 0) is 31.2 Å². The monoisotopic (exact) mass is 293 g/mol. The van der Waals surface area contributed by atoms with Crippen LogP contribution in [0.25, 0.3) is 0 Å². The van der Waals surface area contributed by atoms with Crippen molar-refractivity contribution in [3.8, 4) is 0 Å². The molecule has 1 heterocycles. The number of rotatable bonds is 3. The van der Waals surface area contributed by atoms with Crippen molar-refractivity contribution in [3.05, 3.63) is 29.8 Å². The number of likely N-dealkylation sites (tertiary alicyclic amines) is 1. The molecule has 0 aliphatic carbocycles. The summed E-state index contributed by atoms with van der Waals surface area (Å²) in [7, 11) is 0. The lowest BCUT2D eigenvalue weighted by atomic mass is 9.96. The van der Waals surface area contributed by atoms with Crippen molar-refractivity contribution in [1.29, 1.82) is 0 Å². The average molecular weight is 293 g/mol. The number of hydrogen-bond acceptors (Lipinski definition) is 4. The highest BCUT2D eigenvalue weighted by atomic mass is 32.2. The molecule has 1 aliphatic rings. The SMILES string of the molecule is CSc1ccccc1C(=O)N1CCCC(C(N)=NO)C1. The first-order chi connectivity index (χ1) is 9.67. The summed E-state index contributed by atoms with van der Waals surface area (Å²) >= 11 is 1.56. The normalized spacial score (nSPS) is 19.9. The van der Waals surface area contributed by atoms with E-state index < -0.39 is 0 Å². The van der Waals surface area contributed by atoms with Gasteiger partial charge in [-0.25, -0.2) is 0 Å². The molecule has 108 valence electrons. The first-order valence-electron chi connectivity index (χ1n) is 6.57. The molecule has 1 amide bonds. The molecule has 0 saturated carbocycles. The van der Waals surface area contributed by atoms with E-state index in [1.807, 2.05) is 30.5 Å². The van der Waals surface area contributed by atoms with Crippen LogP contribution >= 0.6 is 11.8 Å². The molecular formula is C14H19N3O2S. The highest BCUT2D eigenvalue weighted by Crippen LogP contribution is 2.24. The van der Waals surface area contributed by atoms with E-state index >= 15 is 0 Å². The van der Waals surface area contributed by atoms with Crippen LogP contribution in [0.1, 0.15) is 23.2 Å². The Bertz CT molecular complexity index is 519. The van der Waals surface area contributed by atoms with Gasteiger partial charge in [-0.3, -0.25) is 4.79 Å². The van der Waals surface area contributed by atoms with E-state index in [0.29, 0.717) is 6.54 Å². The lowest BCUT2D eigenvalue weighted by Gasteiger charge is -2.32. The Morgan fingerprint density at radius 3 is 2.95 bits per heavy atom. The smallest absolute Gasteiger partial charge is 0.255 e. The maximum atomic E-state index is 12.6. The Kier molecular flexibility index (Phi) is 4.89. The molecule has 0 radical (unpaired) electrons. The molecule has 1 aromatic carbocycles. The molecule has 20 heavy (non-hydrogen) atoms. The van der Waals surface area contributed by atoms with Crippen molar-refractivity contribution in [2.45, 2.75) is 17.7 Å². The molecule has 0 aromatic heterocycles. The largest absolute Gasteiger partial charge is 0.409 e. The zero-order valence-electron chi connectivity index (χ0n) is 11.5. The lowest BCUT2D eigenvalue weighted by molar-refractivity contribution is 0.0698. The fourth-order valence-corrected chi connectivity index (χ4v) is 3.07. The van der Waals surface area contributed by atoms with E-state index in [9.17, 15) is 4.79 Å². The Labute approximate surface area is 122 Å². The maximum absolute atomic E-state index is 12.6. The minimum Gasteiger partial charge on any atom is -0.409 e. The minimum atomic E-state index is -0.0564. The summed E-state index contributed by atoms with van der Waals surface area (Å²) < 4.78 is 0. The van der Waals surface area contributed by atoms with E-state index in [-0.39, 0.29) is 17.7 Å². The van der Waals surface area contributed by atoms with Crippen molar-refractivity contribution >= 4 is 23.5 Å². The molecular weight excluding hydrogens is 274 g/mol. The number of benzene rings is 1. The summed E-state index contributed by atoms with van der Waals surface area (Å²) in [4.78, 5) is 15.4. The van der Waals surface area contributed by atoms with Gasteiger partial charge < -0.3 is 15.8 Å². The van der Waals surface area contributed by atoms with Crippen molar-refractivity contribution < 1.29 is 10.0 Å². The molecule has 1 atom stereocenters. The standard InChI is InChI=1S/C14H19N3O2S/c1-20-12-7-3-2-6-11(12)14(18)17-8-4-5-10(9-17)13(15)16-19/h2-3,6-7,10,19H,4-5,8-9H2,1H3,(H2,15,16). The van der Waals surface area contributed by atoms with E-state index in [2.05, 4.69) is 5.16 Å². The molecule has 1 saturated heterocycles. The molecule has 1 unspecified atom stereocenters. The van der Waals surface area contributed by atoms with Crippen molar-refractivity contribution in [1.82, 2.24) is 4.90 Å². The van der Waals surface area contributed by atoms with Crippen molar-refractivity contribution in [2.75, 3.05) is 19.3 Å². The summed E-state index contributed by atoms with van der Waals surface area (Å²) in [6.45, 7) is 1.23. The van der Waals surface area contributed by atoms with Gasteiger partial charge in [-0.1, -0.05) is 17.3 Å². The number of carbonyl (C=O) groups is 1. The molecule has 3 N–H and O–H groups in total. The lowest BCUT2D eigenvalue weighted by Crippen LogP contribution is -2.44. The van der Waals surface area contributed by atoms with Crippen LogP contribution in [-0.4, -0.2) is 41.2 Å². The number of nitrogens with zero attached hydrogens (tertiary/aromatic N) is 2. The molecule has 0 spiro atoms. The van der Waals surface area contributed by atoms with Gasteiger partial charge in [-0.2, -0.15) is 0 Å². The van der Waals surface area contributed by atoms with Crippen LogP contribution in [0.4, 0.5) is 0 Å². The van der Waals surface area contributed by atoms with Crippen LogP contribution < -0.4 is 5.73 Å². The number of hydrogen-bond donors (Lipinski definition) is 2. The average Bonchev–Trinajstić information content (AvgIpc) is 2.53. The second kappa shape index (κ2) is 6.65. The highest BCUT2D eigenvalue weighted by molar-refractivity contribution is 7.98. The molecule has 1 aromatic rings. The van der Waals surface area contributed by atoms with Gasteiger partial charge in [0, 0.05) is 23.9 Å². The summed E-state index contributed by atoms with van der Waals surface area (Å²) in [5.74, 6) is 0.171. The zero-order valence-corrected chi connectivity index (χ0v) is 12.3. The Balaban J connectivity index is 2.16. The quantitative estimate of drug-likeness (QED) is 0.294. The van der Waals surface area contributed by atoms with Gasteiger partial charge in [0.25, 0.3) is 5.91 Å². The van der Waals surface area contributed by atoms with E-state index in [1.54, 1.807) is 16.7 Å². The number of nitrogens with two attached hydrogens (primary N) is 1.